The Hall–Kier alpha value is -1.20. The first kappa shape index (κ1) is 13.8. The summed E-state index contributed by atoms with van der Waals surface area (Å²) in [5.74, 6) is 1.35. The molecule has 0 radical (unpaired) electrons. The van der Waals surface area contributed by atoms with Crippen LogP contribution < -0.4 is 10.9 Å². The van der Waals surface area contributed by atoms with Gasteiger partial charge in [-0.1, -0.05) is 13.8 Å². The standard InChI is InChI=1S/C15H21N3OS/c1-9(2)7-16-8-12-17-14(19)13-10-5-3-4-6-11(10)20-15(13)18-12/h9,16H,3-8H2,1-2H3,(H,17,18,19). The van der Waals surface area contributed by atoms with Crippen LogP contribution in [0, 0.1) is 5.92 Å². The fraction of sp³-hybridized carbons (Fsp3) is 0.600. The van der Waals surface area contributed by atoms with E-state index in [0.29, 0.717) is 12.5 Å². The molecule has 2 N–H and O–H groups in total. The van der Waals surface area contributed by atoms with Crippen molar-refractivity contribution in [1.29, 1.82) is 0 Å². The van der Waals surface area contributed by atoms with Crippen LogP contribution in [0.5, 0.6) is 0 Å². The molecule has 108 valence electrons. The fourth-order valence-electron chi connectivity index (χ4n) is 2.77. The third kappa shape index (κ3) is 2.65. The molecule has 5 heteroatoms. The number of aromatic amines is 1. The number of aromatic nitrogens is 2. The first-order valence-corrected chi connectivity index (χ1v) is 8.21. The van der Waals surface area contributed by atoms with E-state index in [2.05, 4.69) is 29.1 Å². The molecule has 2 heterocycles. The van der Waals surface area contributed by atoms with Crippen LogP contribution >= 0.6 is 11.3 Å². The lowest BCUT2D eigenvalue weighted by Crippen LogP contribution is -2.22. The van der Waals surface area contributed by atoms with Crippen LogP contribution in [0.4, 0.5) is 0 Å². The molecule has 0 unspecified atom stereocenters. The van der Waals surface area contributed by atoms with Crippen molar-refractivity contribution in [1.82, 2.24) is 15.3 Å². The minimum absolute atomic E-state index is 0.0377. The van der Waals surface area contributed by atoms with Crippen LogP contribution in [0.15, 0.2) is 4.79 Å². The van der Waals surface area contributed by atoms with Crippen molar-refractivity contribution < 1.29 is 0 Å². The number of thiophene rings is 1. The van der Waals surface area contributed by atoms with E-state index in [0.717, 1.165) is 35.4 Å². The highest BCUT2D eigenvalue weighted by Crippen LogP contribution is 2.33. The van der Waals surface area contributed by atoms with E-state index < -0.39 is 0 Å². The van der Waals surface area contributed by atoms with E-state index in [1.54, 1.807) is 11.3 Å². The van der Waals surface area contributed by atoms with Gasteiger partial charge in [0.15, 0.2) is 0 Å². The molecule has 0 amide bonds. The highest BCUT2D eigenvalue weighted by atomic mass is 32.1. The molecular weight excluding hydrogens is 270 g/mol. The number of H-pyrrole nitrogens is 1. The average molecular weight is 291 g/mol. The Bertz CT molecular complexity index is 672. The Morgan fingerprint density at radius 3 is 2.95 bits per heavy atom. The Balaban J connectivity index is 1.92. The van der Waals surface area contributed by atoms with Gasteiger partial charge in [0.1, 0.15) is 10.7 Å². The first-order chi connectivity index (χ1) is 9.65. The number of hydrogen-bond donors (Lipinski definition) is 2. The number of nitrogens with zero attached hydrogens (tertiary/aromatic N) is 1. The maximum atomic E-state index is 12.3. The lowest BCUT2D eigenvalue weighted by Gasteiger charge is -2.09. The number of aryl methyl sites for hydroxylation is 2. The van der Waals surface area contributed by atoms with E-state index in [9.17, 15) is 4.79 Å². The summed E-state index contributed by atoms with van der Waals surface area (Å²) in [5, 5.41) is 4.17. The minimum Gasteiger partial charge on any atom is -0.310 e. The van der Waals surface area contributed by atoms with Gasteiger partial charge in [-0.15, -0.1) is 11.3 Å². The SMILES string of the molecule is CC(C)CNCc1nc2sc3c(c2c(=O)[nH]1)CCCC3. The zero-order valence-electron chi connectivity index (χ0n) is 12.1. The number of nitrogens with one attached hydrogen (secondary N) is 2. The normalized spacial score (nSPS) is 14.9. The summed E-state index contributed by atoms with van der Waals surface area (Å²) in [6.07, 6.45) is 4.57. The quantitative estimate of drug-likeness (QED) is 0.910. The predicted octanol–water partition coefficient (Wildman–Crippen LogP) is 2.61. The zero-order chi connectivity index (χ0) is 14.1. The number of rotatable bonds is 4. The van der Waals surface area contributed by atoms with Crippen molar-refractivity contribution >= 4 is 21.6 Å². The molecule has 0 spiro atoms. The van der Waals surface area contributed by atoms with Crippen LogP contribution in [0.2, 0.25) is 0 Å². The van der Waals surface area contributed by atoms with Gasteiger partial charge in [-0.25, -0.2) is 4.98 Å². The van der Waals surface area contributed by atoms with Crippen LogP contribution in [0.3, 0.4) is 0 Å². The molecule has 1 aliphatic carbocycles. The van der Waals surface area contributed by atoms with Gasteiger partial charge in [-0.2, -0.15) is 0 Å². The fourth-order valence-corrected chi connectivity index (χ4v) is 4.05. The molecule has 0 saturated carbocycles. The topological polar surface area (TPSA) is 57.8 Å². The molecule has 0 saturated heterocycles. The molecule has 2 aromatic heterocycles. The second-order valence-electron chi connectivity index (χ2n) is 5.93. The molecule has 20 heavy (non-hydrogen) atoms. The van der Waals surface area contributed by atoms with Gasteiger partial charge >= 0.3 is 0 Å². The van der Waals surface area contributed by atoms with Crippen LogP contribution in [-0.4, -0.2) is 16.5 Å². The first-order valence-electron chi connectivity index (χ1n) is 7.39. The summed E-state index contributed by atoms with van der Waals surface area (Å²) < 4.78 is 0. The molecule has 1 aliphatic rings. The van der Waals surface area contributed by atoms with E-state index >= 15 is 0 Å². The maximum absolute atomic E-state index is 12.3. The van der Waals surface area contributed by atoms with Gasteiger partial charge in [-0.3, -0.25) is 4.79 Å². The van der Waals surface area contributed by atoms with Gasteiger partial charge in [-0.05, 0) is 43.7 Å². The Morgan fingerprint density at radius 1 is 1.35 bits per heavy atom. The summed E-state index contributed by atoms with van der Waals surface area (Å²) in [5.41, 5.74) is 1.29. The van der Waals surface area contributed by atoms with Crippen LogP contribution in [-0.2, 0) is 19.4 Å². The van der Waals surface area contributed by atoms with Crippen LogP contribution in [0.25, 0.3) is 10.2 Å². The van der Waals surface area contributed by atoms with E-state index in [4.69, 9.17) is 0 Å². The number of fused-ring (bicyclic) bond motifs is 3. The zero-order valence-corrected chi connectivity index (χ0v) is 12.9. The molecule has 2 aromatic rings. The summed E-state index contributed by atoms with van der Waals surface area (Å²) in [4.78, 5) is 22.2. The molecule has 4 nitrogen and oxygen atoms in total. The highest BCUT2D eigenvalue weighted by Gasteiger charge is 2.19. The lowest BCUT2D eigenvalue weighted by molar-refractivity contribution is 0.543. The molecule has 0 bridgehead atoms. The van der Waals surface area contributed by atoms with Crippen molar-refractivity contribution in [3.8, 4) is 0 Å². The summed E-state index contributed by atoms with van der Waals surface area (Å²) in [7, 11) is 0. The van der Waals surface area contributed by atoms with E-state index in [1.807, 2.05) is 0 Å². The summed E-state index contributed by atoms with van der Waals surface area (Å²) in [6, 6.07) is 0. The summed E-state index contributed by atoms with van der Waals surface area (Å²) in [6.45, 7) is 5.90. The second-order valence-corrected chi connectivity index (χ2v) is 7.01. The Morgan fingerprint density at radius 2 is 2.15 bits per heavy atom. The monoisotopic (exact) mass is 291 g/mol. The van der Waals surface area contributed by atoms with Gasteiger partial charge < -0.3 is 10.3 Å². The molecule has 0 aliphatic heterocycles. The Kier molecular flexibility index (Phi) is 3.89. The van der Waals surface area contributed by atoms with Crippen molar-refractivity contribution in [3.63, 3.8) is 0 Å². The minimum atomic E-state index is 0.0377. The number of hydrogen-bond acceptors (Lipinski definition) is 4. The van der Waals surface area contributed by atoms with Crippen molar-refractivity contribution in [2.75, 3.05) is 6.54 Å². The highest BCUT2D eigenvalue weighted by molar-refractivity contribution is 7.18. The molecule has 0 atom stereocenters. The lowest BCUT2D eigenvalue weighted by atomic mass is 9.97. The molecule has 3 rings (SSSR count). The van der Waals surface area contributed by atoms with E-state index in [-0.39, 0.29) is 5.56 Å². The van der Waals surface area contributed by atoms with E-state index in [1.165, 1.54) is 23.3 Å². The van der Waals surface area contributed by atoms with Gasteiger partial charge in [0.25, 0.3) is 5.56 Å². The van der Waals surface area contributed by atoms with Gasteiger partial charge in [0.2, 0.25) is 0 Å². The van der Waals surface area contributed by atoms with Crippen molar-refractivity contribution in [2.45, 2.75) is 46.1 Å². The predicted molar refractivity (Wildman–Crippen MR) is 83.4 cm³/mol. The summed E-state index contributed by atoms with van der Waals surface area (Å²) >= 11 is 1.71. The third-order valence-corrected chi connectivity index (χ3v) is 4.90. The maximum Gasteiger partial charge on any atom is 0.259 e. The largest absolute Gasteiger partial charge is 0.310 e. The smallest absolute Gasteiger partial charge is 0.259 e. The molecular formula is C15H21N3OS. The Labute approximate surface area is 122 Å². The second kappa shape index (κ2) is 5.66. The molecule has 0 aromatic carbocycles. The van der Waals surface area contributed by atoms with Crippen molar-refractivity contribution in [2.24, 2.45) is 5.92 Å². The average Bonchev–Trinajstić information content (AvgIpc) is 2.76. The van der Waals surface area contributed by atoms with Gasteiger partial charge in [0, 0.05) is 4.88 Å². The third-order valence-electron chi connectivity index (χ3n) is 3.72. The molecule has 0 fully saturated rings. The van der Waals surface area contributed by atoms with Gasteiger partial charge in [0.05, 0.1) is 11.9 Å². The van der Waals surface area contributed by atoms with Crippen LogP contribution in [0.1, 0.15) is 43.0 Å². The van der Waals surface area contributed by atoms with Crippen molar-refractivity contribution in [3.05, 3.63) is 26.6 Å².